The fourth-order valence-corrected chi connectivity index (χ4v) is 2.16. The molecule has 0 aliphatic rings. The van der Waals surface area contributed by atoms with E-state index in [2.05, 4.69) is 10.3 Å². The van der Waals surface area contributed by atoms with E-state index in [0.717, 1.165) is 6.42 Å². The zero-order chi connectivity index (χ0) is 16.3. The van der Waals surface area contributed by atoms with E-state index in [1.807, 2.05) is 6.92 Å². The Morgan fingerprint density at radius 3 is 2.68 bits per heavy atom. The third kappa shape index (κ3) is 3.13. The van der Waals surface area contributed by atoms with E-state index >= 15 is 0 Å². The molecular formula is C15H18N4O3. The summed E-state index contributed by atoms with van der Waals surface area (Å²) in [5, 5.41) is 19.1. The van der Waals surface area contributed by atoms with E-state index in [9.17, 15) is 9.59 Å². The SMILES string of the molecule is CCCn1cc(C(=O)O)c(=O)c2ccc(/N=N/N(C)C)cc21. The van der Waals surface area contributed by atoms with E-state index in [1.54, 1.807) is 41.9 Å². The number of carboxylic acids is 1. The number of aromatic nitrogens is 1. The molecule has 0 aliphatic heterocycles. The van der Waals surface area contributed by atoms with Crippen LogP contribution in [0.4, 0.5) is 5.69 Å². The van der Waals surface area contributed by atoms with Crippen LogP contribution in [0.2, 0.25) is 0 Å². The predicted molar refractivity (Wildman–Crippen MR) is 83.7 cm³/mol. The molecule has 1 heterocycles. The lowest BCUT2D eigenvalue weighted by Crippen LogP contribution is -2.18. The lowest BCUT2D eigenvalue weighted by molar-refractivity contribution is 0.0695. The first-order valence-corrected chi connectivity index (χ1v) is 6.93. The van der Waals surface area contributed by atoms with Gasteiger partial charge < -0.3 is 9.67 Å². The van der Waals surface area contributed by atoms with Crippen molar-refractivity contribution in [3.8, 4) is 0 Å². The Hall–Kier alpha value is -2.70. The van der Waals surface area contributed by atoms with Crippen molar-refractivity contribution in [3.05, 3.63) is 40.2 Å². The summed E-state index contributed by atoms with van der Waals surface area (Å²) < 4.78 is 1.77. The highest BCUT2D eigenvalue weighted by Gasteiger charge is 2.14. The van der Waals surface area contributed by atoms with Crippen molar-refractivity contribution in [1.29, 1.82) is 0 Å². The minimum absolute atomic E-state index is 0.219. The molecule has 116 valence electrons. The van der Waals surface area contributed by atoms with Gasteiger partial charge >= 0.3 is 5.97 Å². The summed E-state index contributed by atoms with van der Waals surface area (Å²) in [6, 6.07) is 4.99. The molecular weight excluding hydrogens is 284 g/mol. The van der Waals surface area contributed by atoms with Crippen molar-refractivity contribution in [2.45, 2.75) is 19.9 Å². The maximum atomic E-state index is 12.2. The molecule has 7 heteroatoms. The monoisotopic (exact) mass is 302 g/mol. The van der Waals surface area contributed by atoms with Gasteiger partial charge in [0.1, 0.15) is 5.56 Å². The lowest BCUT2D eigenvalue weighted by Gasteiger charge is -2.11. The highest BCUT2D eigenvalue weighted by Crippen LogP contribution is 2.21. The van der Waals surface area contributed by atoms with Crippen LogP contribution in [0, 0.1) is 0 Å². The third-order valence-corrected chi connectivity index (χ3v) is 3.10. The summed E-state index contributed by atoms with van der Waals surface area (Å²) in [5.41, 5.74) is 0.565. The van der Waals surface area contributed by atoms with Gasteiger partial charge in [0.05, 0.1) is 11.2 Å². The minimum atomic E-state index is -1.21. The Kier molecular flexibility index (Phi) is 4.55. The van der Waals surface area contributed by atoms with Crippen molar-refractivity contribution < 1.29 is 9.90 Å². The number of aryl methyl sites for hydroxylation is 1. The van der Waals surface area contributed by atoms with Gasteiger partial charge in [-0.1, -0.05) is 12.1 Å². The van der Waals surface area contributed by atoms with Crippen LogP contribution in [0.1, 0.15) is 23.7 Å². The smallest absolute Gasteiger partial charge is 0.341 e. The average Bonchev–Trinajstić information content (AvgIpc) is 2.47. The molecule has 0 saturated carbocycles. The van der Waals surface area contributed by atoms with Crippen molar-refractivity contribution in [1.82, 2.24) is 9.58 Å². The van der Waals surface area contributed by atoms with Crippen molar-refractivity contribution in [2.75, 3.05) is 14.1 Å². The Labute approximate surface area is 127 Å². The average molecular weight is 302 g/mol. The second-order valence-corrected chi connectivity index (χ2v) is 5.11. The van der Waals surface area contributed by atoms with Gasteiger partial charge in [0.2, 0.25) is 5.43 Å². The molecule has 0 unspecified atom stereocenters. The van der Waals surface area contributed by atoms with Crippen LogP contribution in [0.3, 0.4) is 0 Å². The second-order valence-electron chi connectivity index (χ2n) is 5.11. The van der Waals surface area contributed by atoms with Gasteiger partial charge in [-0.25, -0.2) is 4.79 Å². The summed E-state index contributed by atoms with van der Waals surface area (Å²) in [6.45, 7) is 2.60. The molecule has 0 bridgehead atoms. The minimum Gasteiger partial charge on any atom is -0.477 e. The number of hydrogen-bond acceptors (Lipinski definition) is 4. The number of pyridine rings is 1. The Morgan fingerprint density at radius 2 is 2.09 bits per heavy atom. The molecule has 0 amide bonds. The molecule has 2 rings (SSSR count). The molecule has 0 spiro atoms. The molecule has 1 aromatic heterocycles. The maximum absolute atomic E-state index is 12.2. The van der Waals surface area contributed by atoms with E-state index < -0.39 is 11.4 Å². The molecule has 0 saturated heterocycles. The summed E-state index contributed by atoms with van der Waals surface area (Å²) in [7, 11) is 3.52. The largest absolute Gasteiger partial charge is 0.477 e. The van der Waals surface area contributed by atoms with Crippen LogP contribution in [-0.4, -0.2) is 34.7 Å². The third-order valence-electron chi connectivity index (χ3n) is 3.10. The van der Waals surface area contributed by atoms with E-state index in [0.29, 0.717) is 23.1 Å². The number of fused-ring (bicyclic) bond motifs is 1. The number of carboxylic acid groups (broad SMARTS) is 1. The predicted octanol–water partition coefficient (Wildman–Crippen LogP) is 2.67. The van der Waals surface area contributed by atoms with Gasteiger partial charge in [-0.15, -0.1) is 5.11 Å². The fraction of sp³-hybridized carbons (Fsp3) is 0.333. The number of carbonyl (C=O) groups is 1. The molecule has 0 fully saturated rings. The van der Waals surface area contributed by atoms with Crippen LogP contribution >= 0.6 is 0 Å². The highest BCUT2D eigenvalue weighted by atomic mass is 16.4. The number of rotatable bonds is 5. The number of benzene rings is 1. The maximum Gasteiger partial charge on any atom is 0.341 e. The molecule has 2 aromatic rings. The van der Waals surface area contributed by atoms with E-state index in [4.69, 9.17) is 5.11 Å². The standard InChI is InChI=1S/C15H18N4O3/c1-4-7-19-9-12(15(21)22)14(20)11-6-5-10(8-13(11)19)16-17-18(2)3/h5-6,8-9H,4,7H2,1-3H3,(H,21,22)/b17-16+. The van der Waals surface area contributed by atoms with Crippen LogP contribution in [-0.2, 0) is 6.54 Å². The van der Waals surface area contributed by atoms with Crippen LogP contribution < -0.4 is 5.43 Å². The summed E-state index contributed by atoms with van der Waals surface area (Å²) in [4.78, 5) is 23.5. The van der Waals surface area contributed by atoms with Gasteiger partial charge in [-0.3, -0.25) is 9.80 Å². The van der Waals surface area contributed by atoms with Gasteiger partial charge in [-0.2, -0.15) is 0 Å². The molecule has 0 atom stereocenters. The fourth-order valence-electron chi connectivity index (χ4n) is 2.16. The molecule has 0 aliphatic carbocycles. The summed E-state index contributed by atoms with van der Waals surface area (Å²) >= 11 is 0. The highest BCUT2D eigenvalue weighted by molar-refractivity contribution is 5.93. The molecule has 1 aromatic carbocycles. The second kappa shape index (κ2) is 6.38. The topological polar surface area (TPSA) is 87.3 Å². The molecule has 1 N–H and O–H groups in total. The Bertz CT molecular complexity index is 793. The van der Waals surface area contributed by atoms with Gasteiger partial charge in [-0.05, 0) is 24.6 Å². The summed E-state index contributed by atoms with van der Waals surface area (Å²) in [5.74, 6) is -1.21. The Morgan fingerprint density at radius 1 is 1.36 bits per heavy atom. The van der Waals surface area contributed by atoms with Gasteiger partial charge in [0.25, 0.3) is 0 Å². The van der Waals surface area contributed by atoms with Crippen LogP contribution in [0.5, 0.6) is 0 Å². The van der Waals surface area contributed by atoms with Crippen LogP contribution in [0.15, 0.2) is 39.5 Å². The van der Waals surface area contributed by atoms with E-state index in [-0.39, 0.29) is 5.56 Å². The normalized spacial score (nSPS) is 11.2. The van der Waals surface area contributed by atoms with Gasteiger partial charge in [0, 0.05) is 32.2 Å². The first kappa shape index (κ1) is 15.7. The zero-order valence-electron chi connectivity index (χ0n) is 12.8. The quantitative estimate of drug-likeness (QED) is 0.679. The molecule has 22 heavy (non-hydrogen) atoms. The Balaban J connectivity index is 2.69. The number of hydrogen-bond donors (Lipinski definition) is 1. The first-order chi connectivity index (χ1) is 10.4. The van der Waals surface area contributed by atoms with Crippen molar-refractivity contribution in [2.24, 2.45) is 10.3 Å². The van der Waals surface area contributed by atoms with Gasteiger partial charge in [0.15, 0.2) is 0 Å². The number of nitrogens with zero attached hydrogens (tertiary/aromatic N) is 4. The molecule has 0 radical (unpaired) electrons. The summed E-state index contributed by atoms with van der Waals surface area (Å²) in [6.07, 6.45) is 2.21. The lowest BCUT2D eigenvalue weighted by atomic mass is 10.1. The van der Waals surface area contributed by atoms with Crippen molar-refractivity contribution >= 4 is 22.6 Å². The van der Waals surface area contributed by atoms with Crippen molar-refractivity contribution in [3.63, 3.8) is 0 Å². The van der Waals surface area contributed by atoms with Crippen LogP contribution in [0.25, 0.3) is 10.9 Å². The number of aromatic carboxylic acids is 1. The molecule has 7 nitrogen and oxygen atoms in total. The van der Waals surface area contributed by atoms with E-state index in [1.165, 1.54) is 6.20 Å². The first-order valence-electron chi connectivity index (χ1n) is 6.93. The zero-order valence-corrected chi connectivity index (χ0v) is 12.8.